The predicted octanol–water partition coefficient (Wildman–Crippen LogP) is 6.23. The van der Waals surface area contributed by atoms with Crippen molar-refractivity contribution < 1.29 is 23.6 Å². The van der Waals surface area contributed by atoms with Gasteiger partial charge in [-0.1, -0.05) is 62.3 Å². The second-order valence-corrected chi connectivity index (χ2v) is 9.21. The number of rotatable bonds is 7. The maximum atomic E-state index is 12.3. The molecule has 0 aliphatic rings. The van der Waals surface area contributed by atoms with Crippen LogP contribution in [0.4, 0.5) is 22.0 Å². The Bertz CT molecular complexity index is 1410. The second-order valence-electron chi connectivity index (χ2n) is 9.21. The van der Waals surface area contributed by atoms with Crippen molar-refractivity contribution in [2.24, 2.45) is 0 Å². The van der Waals surface area contributed by atoms with Gasteiger partial charge in [-0.3, -0.25) is 14.9 Å². The first kappa shape index (κ1) is 25.2. The smallest absolute Gasteiger partial charge is 0.324 e. The summed E-state index contributed by atoms with van der Waals surface area (Å²) in [6, 6.07) is 23.0. The van der Waals surface area contributed by atoms with E-state index in [1.807, 2.05) is 20.8 Å². The van der Waals surface area contributed by atoms with Gasteiger partial charge in [0.1, 0.15) is 17.3 Å². The molecule has 0 unspecified atom stereocenters. The lowest BCUT2D eigenvalue weighted by molar-refractivity contribution is -0.112. The number of carbonyl (C=O) groups excluding carboxylic acids is 3. The Morgan fingerprint density at radius 2 is 1.49 bits per heavy atom. The molecule has 3 N–H and O–H groups in total. The van der Waals surface area contributed by atoms with Crippen molar-refractivity contribution in [2.75, 3.05) is 16.0 Å². The van der Waals surface area contributed by atoms with E-state index >= 15 is 0 Å². The molecule has 1 heterocycles. The monoisotopic (exact) mass is 498 g/mol. The lowest BCUT2D eigenvalue weighted by atomic mass is 9.93. The Morgan fingerprint density at radius 1 is 0.757 bits per heavy atom. The first-order valence-electron chi connectivity index (χ1n) is 11.5. The molecule has 0 radical (unpaired) electrons. The average molecular weight is 499 g/mol. The Morgan fingerprint density at radius 3 is 2.16 bits per heavy atom. The molecule has 1 aromatic heterocycles. The van der Waals surface area contributed by atoms with Crippen molar-refractivity contribution in [3.8, 4) is 11.5 Å². The Kier molecular flexibility index (Phi) is 7.34. The molecule has 9 nitrogen and oxygen atoms in total. The van der Waals surface area contributed by atoms with Gasteiger partial charge in [0.2, 0.25) is 0 Å². The van der Waals surface area contributed by atoms with Gasteiger partial charge in [-0.05, 0) is 36.4 Å². The molecule has 0 aliphatic heterocycles. The second kappa shape index (κ2) is 10.8. The summed E-state index contributed by atoms with van der Waals surface area (Å²) in [6.45, 7) is 5.96. The zero-order valence-corrected chi connectivity index (χ0v) is 20.6. The largest absolute Gasteiger partial charge is 0.457 e. The molecule has 4 rings (SSSR count). The number of nitrogens with one attached hydrogen (secondary N) is 3. The van der Waals surface area contributed by atoms with Gasteiger partial charge in [-0.2, -0.15) is 0 Å². The number of anilines is 3. The number of urea groups is 1. The normalized spacial score (nSPS) is 10.9. The number of ketones is 1. The average Bonchev–Trinajstić information content (AvgIpc) is 3.34. The third kappa shape index (κ3) is 6.82. The number of hydrogen-bond acceptors (Lipinski definition) is 6. The minimum atomic E-state index is -0.739. The Labute approximate surface area is 213 Å². The summed E-state index contributed by atoms with van der Waals surface area (Å²) in [6.07, 6.45) is 0. The number of carbonyl (C=O) groups is 3. The standard InChI is InChI=1S/C28H26N4O5/c1-28(2,3)23-17-24(32-37-23)31-27(35)30-19-12-14-21(15-13-19)36-22-11-7-10-20(16-22)29-26(34)25(33)18-8-5-4-6-9-18/h4-17H,1-3H3,(H,29,34)(H2,30,31,32,35). The van der Waals surface area contributed by atoms with E-state index in [4.69, 9.17) is 9.26 Å². The molecule has 0 aliphatic carbocycles. The SMILES string of the molecule is CC(C)(C)c1cc(NC(=O)Nc2ccc(Oc3cccc(NC(=O)C(=O)c4ccccc4)c3)cc2)no1. The first-order valence-corrected chi connectivity index (χ1v) is 11.5. The molecule has 0 spiro atoms. The van der Waals surface area contributed by atoms with Gasteiger partial charge in [0, 0.05) is 34.5 Å². The van der Waals surface area contributed by atoms with Crippen molar-refractivity contribution in [1.29, 1.82) is 0 Å². The number of aromatic nitrogens is 1. The number of nitrogens with zero attached hydrogens (tertiary/aromatic N) is 1. The topological polar surface area (TPSA) is 123 Å². The molecular formula is C28H26N4O5. The minimum Gasteiger partial charge on any atom is -0.457 e. The van der Waals surface area contributed by atoms with Crippen molar-refractivity contribution in [1.82, 2.24) is 5.16 Å². The first-order chi connectivity index (χ1) is 17.7. The van der Waals surface area contributed by atoms with Crippen LogP contribution in [-0.2, 0) is 10.2 Å². The summed E-state index contributed by atoms with van der Waals surface area (Å²) in [5.41, 5.74) is 1.06. The summed E-state index contributed by atoms with van der Waals surface area (Å²) < 4.78 is 11.1. The molecule has 0 bridgehead atoms. The zero-order valence-electron chi connectivity index (χ0n) is 20.6. The van der Waals surface area contributed by atoms with Crippen LogP contribution in [0.5, 0.6) is 11.5 Å². The van der Waals surface area contributed by atoms with E-state index in [0.29, 0.717) is 40.0 Å². The van der Waals surface area contributed by atoms with E-state index in [2.05, 4.69) is 21.1 Å². The van der Waals surface area contributed by atoms with Crippen LogP contribution < -0.4 is 20.7 Å². The Hall–Kier alpha value is -4.92. The molecule has 4 aromatic rings. The van der Waals surface area contributed by atoms with Crippen molar-refractivity contribution in [3.05, 3.63) is 96.3 Å². The van der Waals surface area contributed by atoms with Crippen LogP contribution >= 0.6 is 0 Å². The number of amides is 3. The fraction of sp³-hybridized carbons (Fsp3) is 0.143. The van der Waals surface area contributed by atoms with E-state index < -0.39 is 17.7 Å². The van der Waals surface area contributed by atoms with E-state index in [9.17, 15) is 14.4 Å². The van der Waals surface area contributed by atoms with Crippen LogP contribution in [0.1, 0.15) is 36.9 Å². The lowest BCUT2D eigenvalue weighted by Crippen LogP contribution is -2.22. The maximum absolute atomic E-state index is 12.3. The summed E-state index contributed by atoms with van der Waals surface area (Å²) in [4.78, 5) is 36.9. The number of ether oxygens (including phenoxy) is 1. The van der Waals surface area contributed by atoms with E-state index in [-0.39, 0.29) is 5.41 Å². The van der Waals surface area contributed by atoms with Crippen molar-refractivity contribution in [2.45, 2.75) is 26.2 Å². The van der Waals surface area contributed by atoms with Crippen LogP contribution in [0.2, 0.25) is 0 Å². The van der Waals surface area contributed by atoms with E-state index in [1.165, 1.54) is 0 Å². The Balaban J connectivity index is 1.32. The molecule has 0 saturated heterocycles. The fourth-order valence-corrected chi connectivity index (χ4v) is 3.25. The zero-order chi connectivity index (χ0) is 26.4. The van der Waals surface area contributed by atoms with Gasteiger partial charge in [0.05, 0.1) is 0 Å². The molecule has 188 valence electrons. The highest BCUT2D eigenvalue weighted by molar-refractivity contribution is 6.46. The number of Topliss-reactive ketones (excluding diaryl/α,β-unsaturated/α-hetero) is 1. The van der Waals surface area contributed by atoms with Gasteiger partial charge in [-0.25, -0.2) is 4.79 Å². The molecule has 3 amide bonds. The van der Waals surface area contributed by atoms with Gasteiger partial charge >= 0.3 is 6.03 Å². The summed E-state index contributed by atoms with van der Waals surface area (Å²) >= 11 is 0. The third-order valence-electron chi connectivity index (χ3n) is 5.17. The molecule has 9 heteroatoms. The number of hydrogen-bond donors (Lipinski definition) is 3. The van der Waals surface area contributed by atoms with Crippen LogP contribution in [-0.4, -0.2) is 22.9 Å². The highest BCUT2D eigenvalue weighted by atomic mass is 16.5. The molecule has 0 atom stereocenters. The fourth-order valence-electron chi connectivity index (χ4n) is 3.25. The minimum absolute atomic E-state index is 0.218. The van der Waals surface area contributed by atoms with Crippen LogP contribution in [0.25, 0.3) is 0 Å². The van der Waals surface area contributed by atoms with Gasteiger partial charge in [0.15, 0.2) is 5.82 Å². The predicted molar refractivity (Wildman–Crippen MR) is 140 cm³/mol. The van der Waals surface area contributed by atoms with Crippen molar-refractivity contribution >= 4 is 34.9 Å². The molecule has 0 saturated carbocycles. The quantitative estimate of drug-likeness (QED) is 0.205. The molecule has 0 fully saturated rings. The van der Waals surface area contributed by atoms with Crippen molar-refractivity contribution in [3.63, 3.8) is 0 Å². The lowest BCUT2D eigenvalue weighted by Gasteiger charge is -2.12. The van der Waals surface area contributed by atoms with Crippen LogP contribution in [0, 0.1) is 0 Å². The summed E-state index contributed by atoms with van der Waals surface area (Å²) in [7, 11) is 0. The molecule has 3 aromatic carbocycles. The maximum Gasteiger partial charge on any atom is 0.324 e. The van der Waals surface area contributed by atoms with Gasteiger partial charge in [0.25, 0.3) is 11.7 Å². The number of benzene rings is 3. The van der Waals surface area contributed by atoms with Gasteiger partial charge in [-0.15, -0.1) is 0 Å². The highest BCUT2D eigenvalue weighted by Crippen LogP contribution is 2.26. The summed E-state index contributed by atoms with van der Waals surface area (Å²) in [5.74, 6) is 0.593. The van der Waals surface area contributed by atoms with Gasteiger partial charge < -0.3 is 19.9 Å². The van der Waals surface area contributed by atoms with Crippen LogP contribution in [0.3, 0.4) is 0 Å². The van der Waals surface area contributed by atoms with E-state index in [1.54, 1.807) is 84.9 Å². The molecule has 37 heavy (non-hydrogen) atoms. The highest BCUT2D eigenvalue weighted by Gasteiger charge is 2.20. The summed E-state index contributed by atoms with van der Waals surface area (Å²) in [5, 5.41) is 11.8. The molecular weight excluding hydrogens is 472 g/mol. The third-order valence-corrected chi connectivity index (χ3v) is 5.17. The van der Waals surface area contributed by atoms with Crippen LogP contribution in [0.15, 0.2) is 89.5 Å². The van der Waals surface area contributed by atoms with E-state index in [0.717, 1.165) is 0 Å².